The quantitative estimate of drug-likeness (QED) is 0.753. The lowest BCUT2D eigenvalue weighted by Gasteiger charge is -2.10. The zero-order valence-corrected chi connectivity index (χ0v) is 12.4. The maximum atomic E-state index is 4.86. The first-order chi connectivity index (χ1) is 8.41. The first kappa shape index (κ1) is 13.1. The summed E-state index contributed by atoms with van der Waals surface area (Å²) in [5.74, 6) is 1.02. The molecule has 18 heavy (non-hydrogen) atoms. The minimum Gasteiger partial charge on any atom is -0.330 e. The largest absolute Gasteiger partial charge is 0.330 e. The Bertz CT molecular complexity index is 547. The second-order valence-electron chi connectivity index (χ2n) is 6.00. The van der Waals surface area contributed by atoms with Gasteiger partial charge in [-0.1, -0.05) is 27.7 Å². The van der Waals surface area contributed by atoms with Crippen LogP contribution in [0, 0.1) is 0 Å². The van der Waals surface area contributed by atoms with Gasteiger partial charge in [0.05, 0.1) is 0 Å². The van der Waals surface area contributed by atoms with Crippen LogP contribution in [0.3, 0.4) is 0 Å². The molecule has 2 aromatic heterocycles. The highest BCUT2D eigenvalue weighted by molar-refractivity contribution is 5.81. The molecule has 0 saturated heterocycles. The number of hydrogen-bond donors (Lipinski definition) is 0. The molecule has 0 fully saturated rings. The first-order valence-electron chi connectivity index (χ1n) is 6.93. The van der Waals surface area contributed by atoms with Crippen LogP contribution in [0.5, 0.6) is 0 Å². The Balaban J connectivity index is 2.71. The fourth-order valence-electron chi connectivity index (χ4n) is 2.34. The monoisotopic (exact) mass is 244 g/mol. The van der Waals surface area contributed by atoms with E-state index in [-0.39, 0.29) is 0 Å². The molecule has 0 unspecified atom stereocenters. The van der Waals surface area contributed by atoms with Gasteiger partial charge < -0.3 is 4.57 Å². The molecule has 2 aromatic rings. The Morgan fingerprint density at radius 1 is 0.944 bits per heavy atom. The van der Waals surface area contributed by atoms with Gasteiger partial charge in [-0.3, -0.25) is 0 Å². The van der Waals surface area contributed by atoms with E-state index in [2.05, 4.69) is 64.4 Å². The molecular weight excluding hydrogens is 220 g/mol. The summed E-state index contributed by atoms with van der Waals surface area (Å²) < 4.78 is 2.30. The molecule has 2 heteroatoms. The second-order valence-corrected chi connectivity index (χ2v) is 6.00. The predicted molar refractivity (Wildman–Crippen MR) is 78.3 cm³/mol. The smallest absolute Gasteiger partial charge is 0.140 e. The third-order valence-corrected chi connectivity index (χ3v) is 3.50. The lowest BCUT2D eigenvalue weighted by molar-refractivity contribution is 0.613. The van der Waals surface area contributed by atoms with Gasteiger partial charge in [0.25, 0.3) is 0 Å². The van der Waals surface area contributed by atoms with E-state index in [1.165, 1.54) is 16.6 Å². The number of pyridine rings is 1. The van der Waals surface area contributed by atoms with Gasteiger partial charge in [0.15, 0.2) is 0 Å². The third kappa shape index (κ3) is 2.16. The topological polar surface area (TPSA) is 17.8 Å². The minimum absolute atomic E-state index is 0.454. The van der Waals surface area contributed by atoms with Crippen LogP contribution in [0.15, 0.2) is 18.3 Å². The summed E-state index contributed by atoms with van der Waals surface area (Å²) in [5.41, 5.74) is 3.72. The number of nitrogens with zero attached hydrogens (tertiary/aromatic N) is 2. The van der Waals surface area contributed by atoms with Crippen LogP contribution in [-0.4, -0.2) is 9.55 Å². The Morgan fingerprint density at radius 3 is 2.11 bits per heavy atom. The Morgan fingerprint density at radius 2 is 1.61 bits per heavy atom. The predicted octanol–water partition coefficient (Wildman–Crippen LogP) is 4.86. The summed E-state index contributed by atoms with van der Waals surface area (Å²) in [6, 6.07) is 4.87. The minimum atomic E-state index is 0.454. The van der Waals surface area contributed by atoms with Gasteiger partial charge in [0.1, 0.15) is 5.65 Å². The van der Waals surface area contributed by atoms with Crippen molar-refractivity contribution in [3.05, 3.63) is 29.6 Å². The van der Waals surface area contributed by atoms with E-state index in [9.17, 15) is 0 Å². The van der Waals surface area contributed by atoms with Crippen molar-refractivity contribution in [3.8, 4) is 0 Å². The van der Waals surface area contributed by atoms with Gasteiger partial charge in [-0.15, -0.1) is 0 Å². The van der Waals surface area contributed by atoms with Gasteiger partial charge in [-0.2, -0.15) is 0 Å². The van der Waals surface area contributed by atoms with E-state index in [1.807, 2.05) is 0 Å². The molecule has 98 valence electrons. The van der Waals surface area contributed by atoms with E-state index in [4.69, 9.17) is 4.98 Å². The van der Waals surface area contributed by atoms with Crippen molar-refractivity contribution in [2.24, 2.45) is 0 Å². The molecule has 0 atom stereocenters. The van der Waals surface area contributed by atoms with E-state index >= 15 is 0 Å². The van der Waals surface area contributed by atoms with E-state index < -0.39 is 0 Å². The summed E-state index contributed by atoms with van der Waals surface area (Å²) in [4.78, 5) is 4.86. The lowest BCUT2D eigenvalue weighted by atomic mass is 10.0. The van der Waals surface area contributed by atoms with Crippen molar-refractivity contribution in [2.75, 3.05) is 0 Å². The highest BCUT2D eigenvalue weighted by Crippen LogP contribution is 2.29. The fraction of sp³-hybridized carbons (Fsp3) is 0.562. The molecule has 0 N–H and O–H groups in total. The molecule has 2 nitrogen and oxygen atoms in total. The molecule has 0 saturated carbocycles. The SMILES string of the molecule is CC(C)c1ccc2c(C(C)C)cn(C(C)C)c2n1. The third-order valence-electron chi connectivity index (χ3n) is 3.50. The molecule has 0 spiro atoms. The van der Waals surface area contributed by atoms with E-state index in [0.29, 0.717) is 17.9 Å². The summed E-state index contributed by atoms with van der Waals surface area (Å²) in [5, 5.41) is 1.31. The van der Waals surface area contributed by atoms with Gasteiger partial charge in [-0.05, 0) is 43.4 Å². The Hall–Kier alpha value is -1.31. The second kappa shape index (κ2) is 4.75. The molecule has 2 rings (SSSR count). The van der Waals surface area contributed by atoms with Gasteiger partial charge >= 0.3 is 0 Å². The molecule has 0 bridgehead atoms. The van der Waals surface area contributed by atoms with Gasteiger partial charge in [0, 0.05) is 23.3 Å². The van der Waals surface area contributed by atoms with Crippen LogP contribution in [-0.2, 0) is 0 Å². The zero-order chi connectivity index (χ0) is 13.4. The van der Waals surface area contributed by atoms with Crippen LogP contribution in [0.4, 0.5) is 0 Å². The van der Waals surface area contributed by atoms with Crippen LogP contribution in [0.25, 0.3) is 11.0 Å². The number of rotatable bonds is 3. The number of hydrogen-bond acceptors (Lipinski definition) is 1. The van der Waals surface area contributed by atoms with Crippen LogP contribution < -0.4 is 0 Å². The molecule has 0 aromatic carbocycles. The molecule has 0 aliphatic heterocycles. The molecule has 0 radical (unpaired) electrons. The zero-order valence-electron chi connectivity index (χ0n) is 12.4. The van der Waals surface area contributed by atoms with Gasteiger partial charge in [0.2, 0.25) is 0 Å². The highest BCUT2D eigenvalue weighted by Gasteiger charge is 2.15. The maximum Gasteiger partial charge on any atom is 0.140 e. The summed E-state index contributed by atoms with van der Waals surface area (Å²) in [6.45, 7) is 13.3. The lowest BCUT2D eigenvalue weighted by Crippen LogP contribution is -2.01. The maximum absolute atomic E-state index is 4.86. The van der Waals surface area contributed by atoms with Crippen molar-refractivity contribution >= 4 is 11.0 Å². The Labute approximate surface area is 110 Å². The standard InChI is InChI=1S/C16H24N2/c1-10(2)14-9-18(12(5)6)16-13(14)7-8-15(17-16)11(3)4/h7-12H,1-6H3. The summed E-state index contributed by atoms with van der Waals surface area (Å²) in [7, 11) is 0. The number of aromatic nitrogens is 2. The molecule has 0 aliphatic carbocycles. The van der Waals surface area contributed by atoms with Crippen LogP contribution in [0.2, 0.25) is 0 Å². The van der Waals surface area contributed by atoms with Crippen molar-refractivity contribution in [1.82, 2.24) is 9.55 Å². The van der Waals surface area contributed by atoms with E-state index in [0.717, 1.165) is 5.65 Å². The van der Waals surface area contributed by atoms with Crippen molar-refractivity contribution in [3.63, 3.8) is 0 Å². The molecule has 2 heterocycles. The van der Waals surface area contributed by atoms with E-state index in [1.54, 1.807) is 0 Å². The molecule has 0 amide bonds. The molecule has 0 aliphatic rings. The van der Waals surface area contributed by atoms with Crippen LogP contribution >= 0.6 is 0 Å². The molecular formula is C16H24N2. The first-order valence-corrected chi connectivity index (χ1v) is 6.93. The van der Waals surface area contributed by atoms with Crippen molar-refractivity contribution in [2.45, 2.75) is 59.4 Å². The summed E-state index contributed by atoms with van der Waals surface area (Å²) in [6.07, 6.45) is 2.27. The van der Waals surface area contributed by atoms with Crippen molar-refractivity contribution in [1.29, 1.82) is 0 Å². The van der Waals surface area contributed by atoms with Gasteiger partial charge in [-0.25, -0.2) is 4.98 Å². The summed E-state index contributed by atoms with van der Waals surface area (Å²) >= 11 is 0. The highest BCUT2D eigenvalue weighted by atomic mass is 15.1. The van der Waals surface area contributed by atoms with Crippen molar-refractivity contribution < 1.29 is 0 Å². The number of fused-ring (bicyclic) bond motifs is 1. The fourth-order valence-corrected chi connectivity index (χ4v) is 2.34. The average Bonchev–Trinajstić information content (AvgIpc) is 2.67. The normalized spacial score (nSPS) is 12.3. The average molecular weight is 244 g/mol. The Kier molecular flexibility index (Phi) is 3.47. The van der Waals surface area contributed by atoms with Crippen LogP contribution in [0.1, 0.15) is 70.7 Å².